The number of carbonyl (C=O) groups is 3. The molecule has 0 radical (unpaired) electrons. The lowest BCUT2D eigenvalue weighted by Gasteiger charge is -2.59. The fourth-order valence-corrected chi connectivity index (χ4v) is 9.95. The van der Waals surface area contributed by atoms with Crippen molar-refractivity contribution in [3.63, 3.8) is 0 Å². The van der Waals surface area contributed by atoms with Crippen molar-refractivity contribution in [2.75, 3.05) is 6.61 Å². The third kappa shape index (κ3) is 6.53. The summed E-state index contributed by atoms with van der Waals surface area (Å²) in [4.78, 5) is 38.3. The fraction of sp³-hybridized carbons (Fsp3) is 0.585. The zero-order valence-electron chi connectivity index (χ0n) is 29.4. The number of hydrogen-bond acceptors (Lipinski definition) is 6. The lowest BCUT2D eigenvalue weighted by molar-refractivity contribution is -0.180. The molecule has 0 aromatic heterocycles. The zero-order chi connectivity index (χ0) is 34.4. The van der Waals surface area contributed by atoms with Crippen molar-refractivity contribution in [2.24, 2.45) is 34.0 Å². The van der Waals surface area contributed by atoms with Gasteiger partial charge in [0.1, 0.15) is 5.60 Å². The molecule has 254 valence electrons. The van der Waals surface area contributed by atoms with Gasteiger partial charge in [0, 0.05) is 22.8 Å². The Morgan fingerprint density at radius 3 is 2.51 bits per heavy atom. The van der Waals surface area contributed by atoms with E-state index in [9.17, 15) is 24.6 Å². The largest absolute Gasteiger partial charge is 0.454 e. The summed E-state index contributed by atoms with van der Waals surface area (Å²) in [5.74, 6) is -1.08. The van der Waals surface area contributed by atoms with Crippen molar-refractivity contribution < 1.29 is 29.3 Å². The summed E-state index contributed by atoms with van der Waals surface area (Å²) in [6, 6.07) is 0. The number of hydrogen-bond donors (Lipinski definition) is 2. The van der Waals surface area contributed by atoms with Crippen LogP contribution in [-0.2, 0) is 19.1 Å². The van der Waals surface area contributed by atoms with Gasteiger partial charge >= 0.3 is 5.97 Å². The molecular formula is C41H54O6. The smallest absolute Gasteiger partial charge is 0.331 e. The van der Waals surface area contributed by atoms with Crippen LogP contribution < -0.4 is 0 Å². The summed E-state index contributed by atoms with van der Waals surface area (Å²) in [6.07, 6.45) is 22.4. The van der Waals surface area contributed by atoms with Gasteiger partial charge < -0.3 is 14.9 Å². The Morgan fingerprint density at radius 1 is 1.04 bits per heavy atom. The molecule has 6 nitrogen and oxygen atoms in total. The van der Waals surface area contributed by atoms with E-state index in [2.05, 4.69) is 39.8 Å². The molecule has 0 aromatic carbocycles. The Morgan fingerprint density at radius 2 is 1.79 bits per heavy atom. The summed E-state index contributed by atoms with van der Waals surface area (Å²) >= 11 is 0. The first kappa shape index (κ1) is 35.2. The van der Waals surface area contributed by atoms with Crippen LogP contribution in [0.5, 0.6) is 0 Å². The minimum absolute atomic E-state index is 0.00975. The first-order chi connectivity index (χ1) is 22.0. The van der Waals surface area contributed by atoms with Gasteiger partial charge in [-0.3, -0.25) is 9.59 Å². The molecule has 0 heterocycles. The third-order valence-electron chi connectivity index (χ3n) is 12.6. The van der Waals surface area contributed by atoms with Crippen molar-refractivity contribution in [1.82, 2.24) is 0 Å². The second-order valence-electron chi connectivity index (χ2n) is 16.1. The molecule has 47 heavy (non-hydrogen) atoms. The van der Waals surface area contributed by atoms with E-state index in [0.29, 0.717) is 12.0 Å². The van der Waals surface area contributed by atoms with E-state index in [1.54, 1.807) is 19.1 Å². The minimum Gasteiger partial charge on any atom is -0.454 e. The van der Waals surface area contributed by atoms with E-state index in [4.69, 9.17) is 4.74 Å². The summed E-state index contributed by atoms with van der Waals surface area (Å²) in [7, 11) is 0. The number of carbonyl (C=O) groups excluding carboxylic acids is 3. The van der Waals surface area contributed by atoms with E-state index < -0.39 is 40.9 Å². The van der Waals surface area contributed by atoms with Gasteiger partial charge in [-0.2, -0.15) is 0 Å². The van der Waals surface area contributed by atoms with Gasteiger partial charge in [-0.05, 0) is 113 Å². The van der Waals surface area contributed by atoms with Crippen LogP contribution in [-0.4, -0.2) is 46.1 Å². The van der Waals surface area contributed by atoms with Crippen molar-refractivity contribution in [3.05, 3.63) is 82.5 Å². The van der Waals surface area contributed by atoms with Gasteiger partial charge in [-0.1, -0.05) is 80.9 Å². The number of aliphatic hydroxyl groups is 2. The predicted molar refractivity (Wildman–Crippen MR) is 185 cm³/mol. The van der Waals surface area contributed by atoms with E-state index in [1.807, 2.05) is 38.2 Å². The van der Waals surface area contributed by atoms with Crippen LogP contribution in [0.25, 0.3) is 0 Å². The fourth-order valence-electron chi connectivity index (χ4n) is 9.95. The Balaban J connectivity index is 1.19. The monoisotopic (exact) mass is 642 g/mol. The van der Waals surface area contributed by atoms with Gasteiger partial charge in [0.15, 0.2) is 12.4 Å². The molecule has 2 N–H and O–H groups in total. The highest BCUT2D eigenvalue weighted by molar-refractivity contribution is 6.01. The number of esters is 1. The Kier molecular flexibility index (Phi) is 9.80. The molecule has 0 bridgehead atoms. The molecule has 5 rings (SSSR count). The lowest BCUT2D eigenvalue weighted by atomic mass is 9.46. The summed E-state index contributed by atoms with van der Waals surface area (Å²) < 4.78 is 5.37. The van der Waals surface area contributed by atoms with Gasteiger partial charge in [-0.25, -0.2) is 4.79 Å². The first-order valence-electron chi connectivity index (χ1n) is 17.5. The number of rotatable bonds is 8. The molecule has 7 atom stereocenters. The molecule has 5 aliphatic carbocycles. The number of Topliss-reactive ketones (excluding diaryl/α,β-unsaturated/α-hetero) is 1. The van der Waals surface area contributed by atoms with E-state index >= 15 is 0 Å². The molecule has 1 unspecified atom stereocenters. The molecule has 3 saturated carbocycles. The van der Waals surface area contributed by atoms with Crippen LogP contribution in [0.15, 0.2) is 82.5 Å². The second kappa shape index (κ2) is 13.1. The normalized spacial score (nSPS) is 37.1. The maximum atomic E-state index is 13.6. The molecular weight excluding hydrogens is 588 g/mol. The number of ketones is 2. The highest BCUT2D eigenvalue weighted by atomic mass is 16.5. The van der Waals surface area contributed by atoms with Gasteiger partial charge in [0.2, 0.25) is 5.78 Å². The SMILES string of the molecule is CC(C=CC1=C(C)CCCC1(C)C)=CC=CC(C)=CC(=O)OCC(=O)[C@@]1(O)CC[C@H]2[C@@H]3CCC4=CC(=O)C=C[C@]4(C)[C@H]3C(O)C[C@@]21C. The molecule has 0 aliphatic heterocycles. The van der Waals surface area contributed by atoms with Crippen molar-refractivity contribution in [2.45, 2.75) is 112 Å². The highest BCUT2D eigenvalue weighted by Crippen LogP contribution is 2.67. The van der Waals surface area contributed by atoms with Crippen molar-refractivity contribution >= 4 is 17.5 Å². The average molecular weight is 643 g/mol. The average Bonchev–Trinajstić information content (AvgIpc) is 3.26. The third-order valence-corrected chi connectivity index (χ3v) is 12.6. The van der Waals surface area contributed by atoms with Crippen LogP contribution in [0, 0.1) is 34.0 Å². The van der Waals surface area contributed by atoms with Crippen LogP contribution >= 0.6 is 0 Å². The first-order valence-corrected chi connectivity index (χ1v) is 17.5. The van der Waals surface area contributed by atoms with Crippen molar-refractivity contribution in [3.8, 4) is 0 Å². The quantitative estimate of drug-likeness (QED) is 0.160. The summed E-state index contributed by atoms with van der Waals surface area (Å²) in [6.45, 7) is 14.2. The van der Waals surface area contributed by atoms with E-state index in [-0.39, 0.29) is 41.8 Å². The maximum absolute atomic E-state index is 13.6. The lowest BCUT2D eigenvalue weighted by Crippen LogP contribution is -2.61. The Hall–Kier alpha value is -3.09. The second-order valence-corrected chi connectivity index (χ2v) is 16.1. The maximum Gasteiger partial charge on any atom is 0.331 e. The van der Waals surface area contributed by atoms with Gasteiger partial charge in [0.25, 0.3) is 0 Å². The standard InChI is InChI=1S/C41H54O6/c1-26(13-16-32-28(3)12-9-19-38(32,4)5)10-8-11-27(2)22-36(45)47-25-35(44)41(46)21-18-33-31-15-14-29-23-30(42)17-20-39(29,6)37(31)34(43)24-40(33,41)7/h8,10-11,13,16-17,20,22-23,31,33-34,37,43,46H,9,12,14-15,18-19,21,24-25H2,1-7H3/t31-,33-,34?,37+,39-,40-,41-/m0/s1. The van der Waals surface area contributed by atoms with Gasteiger partial charge in [-0.15, -0.1) is 0 Å². The number of fused-ring (bicyclic) bond motifs is 5. The highest BCUT2D eigenvalue weighted by Gasteiger charge is 2.68. The van der Waals surface area contributed by atoms with Crippen LogP contribution in [0.3, 0.4) is 0 Å². The Labute approximate surface area is 281 Å². The molecule has 0 amide bonds. The topological polar surface area (TPSA) is 101 Å². The number of aliphatic hydroxyl groups excluding tert-OH is 1. The minimum atomic E-state index is -1.69. The number of allylic oxidation sites excluding steroid dienone is 13. The molecule has 0 spiro atoms. The summed E-state index contributed by atoms with van der Waals surface area (Å²) in [5.41, 5.74) is 2.99. The summed E-state index contributed by atoms with van der Waals surface area (Å²) in [5, 5.41) is 23.5. The van der Waals surface area contributed by atoms with Crippen LogP contribution in [0.4, 0.5) is 0 Å². The molecule has 5 aliphatic rings. The predicted octanol–water partition coefficient (Wildman–Crippen LogP) is 7.64. The van der Waals surface area contributed by atoms with Gasteiger partial charge in [0.05, 0.1) is 6.10 Å². The van der Waals surface area contributed by atoms with Crippen molar-refractivity contribution in [1.29, 1.82) is 0 Å². The van der Waals surface area contributed by atoms with Crippen LogP contribution in [0.2, 0.25) is 0 Å². The molecule has 6 heteroatoms. The Bertz CT molecular complexity index is 1530. The molecule has 0 saturated heterocycles. The molecule has 3 fully saturated rings. The van der Waals surface area contributed by atoms with Crippen LogP contribution in [0.1, 0.15) is 99.8 Å². The molecule has 0 aromatic rings. The zero-order valence-corrected chi connectivity index (χ0v) is 29.4. The van der Waals surface area contributed by atoms with E-state index in [0.717, 1.165) is 30.4 Å². The number of ether oxygens (including phenoxy) is 1. The van der Waals surface area contributed by atoms with E-state index in [1.165, 1.54) is 30.1 Å².